The van der Waals surface area contributed by atoms with Gasteiger partial charge in [-0.2, -0.15) is 0 Å². The monoisotopic (exact) mass is 279 g/mol. The van der Waals surface area contributed by atoms with Gasteiger partial charge in [-0.15, -0.1) is 0 Å². The minimum Gasteiger partial charge on any atom is -0.490 e. The first-order chi connectivity index (χ1) is 9.67. The lowest BCUT2D eigenvalue weighted by Crippen LogP contribution is -2.21. The Balaban J connectivity index is 2.02. The number of benzene rings is 1. The highest BCUT2D eigenvalue weighted by molar-refractivity contribution is 5.30. The van der Waals surface area contributed by atoms with Crippen molar-refractivity contribution in [2.75, 3.05) is 0 Å². The molecule has 0 heterocycles. The third-order valence-corrected chi connectivity index (χ3v) is 4.06. The second-order valence-corrected chi connectivity index (χ2v) is 5.90. The van der Waals surface area contributed by atoms with Crippen molar-refractivity contribution in [3.05, 3.63) is 29.6 Å². The highest BCUT2D eigenvalue weighted by Crippen LogP contribution is 2.24. The zero-order chi connectivity index (χ0) is 14.4. The standard InChI is InChI=1S/C17H26FNO/c1-2-15(19)10-13-9-14(18)12-17(11-13)20-16-7-5-3-4-6-8-16/h9,11-12,15-16H,2-8,10,19H2,1H3. The smallest absolute Gasteiger partial charge is 0.127 e. The fraction of sp³-hybridized carbons (Fsp3) is 0.647. The number of hydrogen-bond acceptors (Lipinski definition) is 2. The summed E-state index contributed by atoms with van der Waals surface area (Å²) in [6.45, 7) is 2.05. The van der Waals surface area contributed by atoms with Gasteiger partial charge >= 0.3 is 0 Å². The van der Waals surface area contributed by atoms with Crippen molar-refractivity contribution in [3.63, 3.8) is 0 Å². The number of rotatable bonds is 5. The third kappa shape index (κ3) is 4.78. The molecule has 2 nitrogen and oxygen atoms in total. The minimum absolute atomic E-state index is 0.0857. The average Bonchev–Trinajstić information content (AvgIpc) is 2.66. The van der Waals surface area contributed by atoms with Gasteiger partial charge in [0.1, 0.15) is 11.6 Å². The number of hydrogen-bond donors (Lipinski definition) is 1. The Hall–Kier alpha value is -1.09. The molecule has 112 valence electrons. The summed E-state index contributed by atoms with van der Waals surface area (Å²) in [6.07, 6.45) is 9.03. The summed E-state index contributed by atoms with van der Waals surface area (Å²) >= 11 is 0. The van der Waals surface area contributed by atoms with Crippen LogP contribution in [0, 0.1) is 5.82 Å². The summed E-state index contributed by atoms with van der Waals surface area (Å²) in [4.78, 5) is 0. The number of ether oxygens (including phenoxy) is 1. The van der Waals surface area contributed by atoms with Gasteiger partial charge in [0, 0.05) is 12.1 Å². The first-order valence-corrected chi connectivity index (χ1v) is 7.89. The van der Waals surface area contributed by atoms with Gasteiger partial charge in [0.2, 0.25) is 0 Å². The van der Waals surface area contributed by atoms with Crippen LogP contribution in [0.15, 0.2) is 18.2 Å². The fourth-order valence-electron chi connectivity index (χ4n) is 2.81. The van der Waals surface area contributed by atoms with Gasteiger partial charge in [-0.25, -0.2) is 4.39 Å². The zero-order valence-electron chi connectivity index (χ0n) is 12.4. The molecular formula is C17H26FNO. The van der Waals surface area contributed by atoms with Crippen LogP contribution in [-0.4, -0.2) is 12.1 Å². The molecule has 0 saturated heterocycles. The summed E-state index contributed by atoms with van der Waals surface area (Å²) in [5.41, 5.74) is 6.88. The number of nitrogens with two attached hydrogens (primary N) is 1. The Bertz CT molecular complexity index is 413. The quantitative estimate of drug-likeness (QED) is 0.820. The largest absolute Gasteiger partial charge is 0.490 e. The van der Waals surface area contributed by atoms with Crippen molar-refractivity contribution in [1.29, 1.82) is 0 Å². The van der Waals surface area contributed by atoms with Gasteiger partial charge < -0.3 is 10.5 Å². The maximum absolute atomic E-state index is 13.7. The van der Waals surface area contributed by atoms with Gasteiger partial charge in [-0.05, 0) is 56.2 Å². The Morgan fingerprint density at radius 1 is 1.20 bits per heavy atom. The van der Waals surface area contributed by atoms with E-state index in [9.17, 15) is 4.39 Å². The lowest BCUT2D eigenvalue weighted by molar-refractivity contribution is 0.183. The lowest BCUT2D eigenvalue weighted by Gasteiger charge is -2.18. The average molecular weight is 279 g/mol. The Kier molecular flexibility index (Phi) is 5.84. The second-order valence-electron chi connectivity index (χ2n) is 5.90. The van der Waals surface area contributed by atoms with E-state index in [1.54, 1.807) is 6.07 Å². The third-order valence-electron chi connectivity index (χ3n) is 4.06. The molecule has 1 unspecified atom stereocenters. The van der Waals surface area contributed by atoms with Crippen LogP contribution in [0.1, 0.15) is 57.4 Å². The molecule has 1 saturated carbocycles. The van der Waals surface area contributed by atoms with Crippen LogP contribution in [0.5, 0.6) is 5.75 Å². The van der Waals surface area contributed by atoms with E-state index in [-0.39, 0.29) is 18.0 Å². The van der Waals surface area contributed by atoms with Crippen LogP contribution in [0.3, 0.4) is 0 Å². The highest BCUT2D eigenvalue weighted by Gasteiger charge is 2.14. The van der Waals surface area contributed by atoms with E-state index in [1.807, 2.05) is 13.0 Å². The maximum Gasteiger partial charge on any atom is 0.127 e. The van der Waals surface area contributed by atoms with Gasteiger partial charge in [0.05, 0.1) is 6.10 Å². The Morgan fingerprint density at radius 3 is 2.55 bits per heavy atom. The van der Waals surface area contributed by atoms with E-state index in [2.05, 4.69) is 0 Å². The topological polar surface area (TPSA) is 35.2 Å². The van der Waals surface area contributed by atoms with Crippen LogP contribution >= 0.6 is 0 Å². The van der Waals surface area contributed by atoms with Crippen LogP contribution < -0.4 is 10.5 Å². The molecule has 1 aromatic carbocycles. The van der Waals surface area contributed by atoms with Crippen molar-refractivity contribution < 1.29 is 9.13 Å². The molecule has 0 aliphatic heterocycles. The fourth-order valence-corrected chi connectivity index (χ4v) is 2.81. The first-order valence-electron chi connectivity index (χ1n) is 7.89. The van der Waals surface area contributed by atoms with Crippen molar-refractivity contribution in [2.45, 2.75) is 70.4 Å². The maximum atomic E-state index is 13.7. The van der Waals surface area contributed by atoms with E-state index in [4.69, 9.17) is 10.5 Å². The van der Waals surface area contributed by atoms with E-state index < -0.39 is 0 Å². The zero-order valence-corrected chi connectivity index (χ0v) is 12.4. The van der Waals surface area contributed by atoms with Gasteiger partial charge in [0.15, 0.2) is 0 Å². The SMILES string of the molecule is CCC(N)Cc1cc(F)cc(OC2CCCCCC2)c1. The van der Waals surface area contributed by atoms with Gasteiger partial charge in [0.25, 0.3) is 0 Å². The van der Waals surface area contributed by atoms with Crippen LogP contribution in [0.25, 0.3) is 0 Å². The van der Waals surface area contributed by atoms with Gasteiger partial charge in [-0.1, -0.05) is 19.8 Å². The molecule has 0 spiro atoms. The molecule has 1 fully saturated rings. The molecule has 2 rings (SSSR count). The highest BCUT2D eigenvalue weighted by atomic mass is 19.1. The molecule has 1 atom stereocenters. The van der Waals surface area contributed by atoms with Crippen molar-refractivity contribution in [3.8, 4) is 5.75 Å². The van der Waals surface area contributed by atoms with Crippen molar-refractivity contribution >= 4 is 0 Å². The molecule has 1 aromatic rings. The van der Waals surface area contributed by atoms with E-state index in [1.165, 1.54) is 31.7 Å². The van der Waals surface area contributed by atoms with E-state index in [0.717, 1.165) is 24.8 Å². The van der Waals surface area contributed by atoms with Crippen LogP contribution in [0.2, 0.25) is 0 Å². The van der Waals surface area contributed by atoms with Gasteiger partial charge in [-0.3, -0.25) is 0 Å². The first kappa shape index (κ1) is 15.3. The predicted molar refractivity (Wildman–Crippen MR) is 80.5 cm³/mol. The molecule has 1 aliphatic carbocycles. The van der Waals surface area contributed by atoms with E-state index >= 15 is 0 Å². The molecule has 0 radical (unpaired) electrons. The molecule has 0 bridgehead atoms. The summed E-state index contributed by atoms with van der Waals surface area (Å²) in [5.74, 6) is 0.435. The summed E-state index contributed by atoms with van der Waals surface area (Å²) in [7, 11) is 0. The summed E-state index contributed by atoms with van der Waals surface area (Å²) in [6, 6.07) is 5.09. The Labute approximate surface area is 121 Å². The summed E-state index contributed by atoms with van der Waals surface area (Å²) in [5, 5.41) is 0. The predicted octanol–water partition coefficient (Wildman–Crippen LogP) is 4.21. The normalized spacial score (nSPS) is 18.6. The van der Waals surface area contributed by atoms with Crippen LogP contribution in [0.4, 0.5) is 4.39 Å². The van der Waals surface area contributed by atoms with Crippen LogP contribution in [-0.2, 0) is 6.42 Å². The Morgan fingerprint density at radius 2 is 1.90 bits per heavy atom. The lowest BCUT2D eigenvalue weighted by atomic mass is 10.0. The van der Waals surface area contributed by atoms with Crippen molar-refractivity contribution in [1.82, 2.24) is 0 Å². The second kappa shape index (κ2) is 7.63. The van der Waals surface area contributed by atoms with Crippen molar-refractivity contribution in [2.24, 2.45) is 5.73 Å². The summed E-state index contributed by atoms with van der Waals surface area (Å²) < 4.78 is 19.7. The molecule has 2 N–H and O–H groups in total. The molecule has 3 heteroatoms. The molecule has 1 aliphatic rings. The molecule has 0 aromatic heterocycles. The molecule has 0 amide bonds. The van der Waals surface area contributed by atoms with E-state index in [0.29, 0.717) is 12.2 Å². The number of halogens is 1. The minimum atomic E-state index is -0.227. The molecular weight excluding hydrogens is 253 g/mol. The molecule has 20 heavy (non-hydrogen) atoms.